The molecule has 21 heavy (non-hydrogen) atoms. The minimum absolute atomic E-state index is 0.0985. The average molecular weight is 314 g/mol. The SMILES string of the molecule is Cc1ccc(C(C)CCN2CCC(NS(C)(=O)=O)CC2)o1. The molecule has 2 heterocycles. The summed E-state index contributed by atoms with van der Waals surface area (Å²) < 4.78 is 30.8. The summed E-state index contributed by atoms with van der Waals surface area (Å²) >= 11 is 0. The molecule has 0 aromatic carbocycles. The Morgan fingerprint density at radius 2 is 2.05 bits per heavy atom. The van der Waals surface area contributed by atoms with Crippen molar-refractivity contribution in [1.29, 1.82) is 0 Å². The number of aryl methyl sites for hydroxylation is 1. The van der Waals surface area contributed by atoms with Gasteiger partial charge < -0.3 is 9.32 Å². The Hall–Kier alpha value is -0.850. The van der Waals surface area contributed by atoms with Gasteiger partial charge in [-0.15, -0.1) is 0 Å². The Morgan fingerprint density at radius 1 is 1.38 bits per heavy atom. The lowest BCUT2D eigenvalue weighted by atomic mass is 10.0. The Morgan fingerprint density at radius 3 is 2.57 bits per heavy atom. The maximum atomic E-state index is 11.2. The van der Waals surface area contributed by atoms with Crippen LogP contribution in [0.15, 0.2) is 16.5 Å². The van der Waals surface area contributed by atoms with Gasteiger partial charge in [0.15, 0.2) is 0 Å². The third-order valence-electron chi connectivity index (χ3n) is 4.09. The van der Waals surface area contributed by atoms with Crippen LogP contribution in [0.5, 0.6) is 0 Å². The third kappa shape index (κ3) is 5.45. The smallest absolute Gasteiger partial charge is 0.208 e. The maximum Gasteiger partial charge on any atom is 0.208 e. The van der Waals surface area contributed by atoms with Crippen molar-refractivity contribution in [2.45, 2.75) is 45.1 Å². The van der Waals surface area contributed by atoms with E-state index in [1.165, 1.54) is 6.26 Å². The van der Waals surface area contributed by atoms with E-state index < -0.39 is 10.0 Å². The van der Waals surface area contributed by atoms with Gasteiger partial charge in [-0.25, -0.2) is 13.1 Å². The zero-order valence-electron chi connectivity index (χ0n) is 13.1. The molecule has 0 spiro atoms. The van der Waals surface area contributed by atoms with Crippen molar-refractivity contribution in [1.82, 2.24) is 9.62 Å². The number of likely N-dealkylation sites (tertiary alicyclic amines) is 1. The van der Waals surface area contributed by atoms with Crippen LogP contribution < -0.4 is 4.72 Å². The number of nitrogens with one attached hydrogen (secondary N) is 1. The van der Waals surface area contributed by atoms with Gasteiger partial charge in [0.05, 0.1) is 6.26 Å². The largest absolute Gasteiger partial charge is 0.466 e. The summed E-state index contributed by atoms with van der Waals surface area (Å²) in [7, 11) is -3.08. The molecule has 2 rings (SSSR count). The average Bonchev–Trinajstić information content (AvgIpc) is 2.82. The number of piperidine rings is 1. The summed E-state index contributed by atoms with van der Waals surface area (Å²) in [4.78, 5) is 2.41. The molecular weight excluding hydrogens is 288 g/mol. The molecule has 5 nitrogen and oxygen atoms in total. The highest BCUT2D eigenvalue weighted by Crippen LogP contribution is 2.22. The van der Waals surface area contributed by atoms with E-state index in [9.17, 15) is 8.42 Å². The highest BCUT2D eigenvalue weighted by molar-refractivity contribution is 7.88. The van der Waals surface area contributed by atoms with Crippen LogP contribution in [0.4, 0.5) is 0 Å². The number of rotatable bonds is 6. The molecule has 120 valence electrons. The monoisotopic (exact) mass is 314 g/mol. The first-order valence-corrected chi connectivity index (χ1v) is 9.48. The maximum absolute atomic E-state index is 11.2. The van der Waals surface area contributed by atoms with Crippen LogP contribution in [0, 0.1) is 6.92 Å². The van der Waals surface area contributed by atoms with Crippen molar-refractivity contribution < 1.29 is 12.8 Å². The second kappa shape index (κ2) is 6.94. The van der Waals surface area contributed by atoms with E-state index in [1.807, 2.05) is 13.0 Å². The van der Waals surface area contributed by atoms with Gasteiger partial charge in [0.25, 0.3) is 0 Å². The van der Waals surface area contributed by atoms with E-state index in [4.69, 9.17) is 4.42 Å². The number of nitrogens with zero attached hydrogens (tertiary/aromatic N) is 1. The summed E-state index contributed by atoms with van der Waals surface area (Å²) in [5.41, 5.74) is 0. The van der Waals surface area contributed by atoms with E-state index in [1.54, 1.807) is 0 Å². The van der Waals surface area contributed by atoms with Gasteiger partial charge in [-0.05, 0) is 58.0 Å². The molecule has 0 aliphatic carbocycles. The van der Waals surface area contributed by atoms with Crippen LogP contribution in [0.2, 0.25) is 0 Å². The zero-order valence-corrected chi connectivity index (χ0v) is 13.9. The molecule has 0 radical (unpaired) electrons. The van der Waals surface area contributed by atoms with E-state index in [0.717, 1.165) is 50.4 Å². The normalized spacial score (nSPS) is 19.8. The number of hydrogen-bond donors (Lipinski definition) is 1. The fourth-order valence-electron chi connectivity index (χ4n) is 2.81. The minimum atomic E-state index is -3.08. The predicted octanol–water partition coefficient (Wildman–Crippen LogP) is 2.10. The summed E-state index contributed by atoms with van der Waals surface area (Å²) in [6, 6.07) is 4.16. The molecule has 1 saturated heterocycles. The van der Waals surface area contributed by atoms with Crippen LogP contribution in [0.1, 0.15) is 43.6 Å². The Balaban J connectivity index is 1.71. The van der Waals surface area contributed by atoms with E-state index in [2.05, 4.69) is 22.6 Å². The molecule has 1 fully saturated rings. The number of hydrogen-bond acceptors (Lipinski definition) is 4. The summed E-state index contributed by atoms with van der Waals surface area (Å²) in [6.07, 6.45) is 4.08. The van der Waals surface area contributed by atoms with Crippen LogP contribution in [0.25, 0.3) is 0 Å². The second-order valence-electron chi connectivity index (χ2n) is 6.14. The van der Waals surface area contributed by atoms with E-state index >= 15 is 0 Å². The van der Waals surface area contributed by atoms with Gasteiger partial charge in [0, 0.05) is 12.0 Å². The quantitative estimate of drug-likeness (QED) is 0.873. The van der Waals surface area contributed by atoms with Crippen molar-refractivity contribution in [2.24, 2.45) is 0 Å². The molecule has 1 aliphatic heterocycles. The van der Waals surface area contributed by atoms with Gasteiger partial charge in [-0.1, -0.05) is 6.92 Å². The van der Waals surface area contributed by atoms with Gasteiger partial charge in [0.1, 0.15) is 11.5 Å². The first-order chi connectivity index (χ1) is 9.83. The van der Waals surface area contributed by atoms with Crippen LogP contribution >= 0.6 is 0 Å². The molecule has 0 bridgehead atoms. The molecule has 1 N–H and O–H groups in total. The summed E-state index contributed by atoms with van der Waals surface area (Å²) in [5.74, 6) is 2.44. The van der Waals surface area contributed by atoms with Gasteiger partial charge in [0.2, 0.25) is 10.0 Å². The fraction of sp³-hybridized carbons (Fsp3) is 0.733. The first-order valence-electron chi connectivity index (χ1n) is 7.59. The van der Waals surface area contributed by atoms with Crippen molar-refractivity contribution >= 4 is 10.0 Å². The lowest BCUT2D eigenvalue weighted by molar-refractivity contribution is 0.200. The molecule has 1 aromatic heterocycles. The molecule has 0 saturated carbocycles. The Labute approximate surface area is 127 Å². The van der Waals surface area contributed by atoms with Crippen molar-refractivity contribution in [2.75, 3.05) is 25.9 Å². The standard InChI is InChI=1S/C15H26N2O3S/c1-12(15-5-4-13(2)20-15)6-9-17-10-7-14(8-11-17)16-21(3,18)19/h4-5,12,14,16H,6-11H2,1-3H3. The van der Waals surface area contributed by atoms with Crippen molar-refractivity contribution in [3.63, 3.8) is 0 Å². The van der Waals surface area contributed by atoms with Gasteiger partial charge >= 0.3 is 0 Å². The molecule has 1 aliphatic rings. The van der Waals surface area contributed by atoms with E-state index in [0.29, 0.717) is 5.92 Å². The van der Waals surface area contributed by atoms with Crippen molar-refractivity contribution in [3.8, 4) is 0 Å². The lowest BCUT2D eigenvalue weighted by Crippen LogP contribution is -2.44. The van der Waals surface area contributed by atoms with Crippen LogP contribution in [0.3, 0.4) is 0 Å². The molecule has 1 atom stereocenters. The lowest BCUT2D eigenvalue weighted by Gasteiger charge is -2.32. The summed E-state index contributed by atoms with van der Waals surface area (Å²) in [6.45, 7) is 7.10. The fourth-order valence-corrected chi connectivity index (χ4v) is 3.66. The first kappa shape index (κ1) is 16.5. The van der Waals surface area contributed by atoms with Gasteiger partial charge in [-0.3, -0.25) is 0 Å². The highest BCUT2D eigenvalue weighted by atomic mass is 32.2. The Bertz CT molecular complexity index is 545. The number of sulfonamides is 1. The molecular formula is C15H26N2O3S. The van der Waals surface area contributed by atoms with Crippen LogP contribution in [-0.2, 0) is 10.0 Å². The zero-order chi connectivity index (χ0) is 15.5. The topological polar surface area (TPSA) is 62.6 Å². The van der Waals surface area contributed by atoms with Gasteiger partial charge in [-0.2, -0.15) is 0 Å². The molecule has 1 unspecified atom stereocenters. The number of furan rings is 1. The van der Waals surface area contributed by atoms with Crippen LogP contribution in [-0.4, -0.2) is 45.2 Å². The Kier molecular flexibility index (Phi) is 5.46. The predicted molar refractivity (Wildman–Crippen MR) is 83.9 cm³/mol. The molecule has 0 amide bonds. The molecule has 1 aromatic rings. The third-order valence-corrected chi connectivity index (χ3v) is 4.85. The minimum Gasteiger partial charge on any atom is -0.466 e. The summed E-state index contributed by atoms with van der Waals surface area (Å²) in [5, 5.41) is 0. The highest BCUT2D eigenvalue weighted by Gasteiger charge is 2.22. The second-order valence-corrected chi connectivity index (χ2v) is 7.92. The van der Waals surface area contributed by atoms with Crippen molar-refractivity contribution in [3.05, 3.63) is 23.7 Å². The molecule has 6 heteroatoms. The van der Waals surface area contributed by atoms with E-state index in [-0.39, 0.29) is 6.04 Å².